The Morgan fingerprint density at radius 2 is 2.07 bits per heavy atom. The highest BCUT2D eigenvalue weighted by Gasteiger charge is 2.13. The number of halogens is 1. The summed E-state index contributed by atoms with van der Waals surface area (Å²) in [5.41, 5.74) is 2.27. The monoisotopic (exact) mass is 416 g/mol. The van der Waals surface area contributed by atoms with Crippen LogP contribution in [0.3, 0.4) is 0 Å². The van der Waals surface area contributed by atoms with E-state index in [4.69, 9.17) is 21.1 Å². The number of aromatic nitrogens is 1. The molecule has 1 N–H and O–H groups in total. The third-order valence-corrected chi connectivity index (χ3v) is 5.09. The molecule has 0 saturated heterocycles. The summed E-state index contributed by atoms with van der Waals surface area (Å²) in [4.78, 5) is 16.5. The van der Waals surface area contributed by atoms with Gasteiger partial charge in [-0.2, -0.15) is 0 Å². The highest BCUT2D eigenvalue weighted by molar-refractivity contribution is 7.13. The van der Waals surface area contributed by atoms with Gasteiger partial charge in [0.25, 0.3) is 5.91 Å². The fraction of sp³-hybridized carbons (Fsp3) is 0.238. The molecular weight excluding hydrogens is 396 g/mol. The molecule has 1 amide bonds. The minimum atomic E-state index is -0.155. The minimum Gasteiger partial charge on any atom is -0.493 e. The van der Waals surface area contributed by atoms with Gasteiger partial charge in [0.2, 0.25) is 0 Å². The highest BCUT2D eigenvalue weighted by atomic mass is 35.5. The highest BCUT2D eigenvalue weighted by Crippen LogP contribution is 2.34. The van der Waals surface area contributed by atoms with Gasteiger partial charge >= 0.3 is 0 Å². The number of rotatable bonds is 8. The van der Waals surface area contributed by atoms with E-state index in [1.54, 1.807) is 12.5 Å². The quantitative estimate of drug-likeness (QED) is 0.548. The summed E-state index contributed by atoms with van der Waals surface area (Å²) in [6, 6.07) is 13.1. The summed E-state index contributed by atoms with van der Waals surface area (Å²) in [7, 11) is 1.59. The second-order valence-electron chi connectivity index (χ2n) is 6.08. The fourth-order valence-corrected chi connectivity index (χ4v) is 3.56. The van der Waals surface area contributed by atoms with Crippen LogP contribution in [0.2, 0.25) is 5.02 Å². The average molecular weight is 417 g/mol. The number of thiazole rings is 1. The lowest BCUT2D eigenvalue weighted by Crippen LogP contribution is -2.24. The summed E-state index contributed by atoms with van der Waals surface area (Å²) in [5, 5.41) is 6.02. The van der Waals surface area contributed by atoms with E-state index in [0.717, 1.165) is 22.6 Å². The van der Waals surface area contributed by atoms with Gasteiger partial charge in [-0.1, -0.05) is 30.7 Å². The zero-order chi connectivity index (χ0) is 19.9. The molecule has 3 rings (SSSR count). The Morgan fingerprint density at radius 3 is 2.82 bits per heavy atom. The van der Waals surface area contributed by atoms with E-state index in [2.05, 4.69) is 10.3 Å². The molecule has 0 saturated carbocycles. The number of carbonyl (C=O) groups is 1. The van der Waals surface area contributed by atoms with Crippen molar-refractivity contribution in [2.45, 2.75) is 20.0 Å². The van der Waals surface area contributed by atoms with E-state index in [-0.39, 0.29) is 5.91 Å². The largest absolute Gasteiger partial charge is 0.493 e. The number of benzene rings is 2. The van der Waals surface area contributed by atoms with E-state index < -0.39 is 0 Å². The maximum atomic E-state index is 12.0. The lowest BCUT2D eigenvalue weighted by molar-refractivity contribution is 0.0949. The molecule has 0 radical (unpaired) electrons. The number of hydrogen-bond donors (Lipinski definition) is 1. The molecule has 0 aliphatic carbocycles. The summed E-state index contributed by atoms with van der Waals surface area (Å²) in [5.74, 6) is 1.08. The van der Waals surface area contributed by atoms with Crippen molar-refractivity contribution in [2.75, 3.05) is 13.7 Å². The first-order valence-corrected chi connectivity index (χ1v) is 10.2. The number of amides is 1. The predicted octanol–water partition coefficient (Wildman–Crippen LogP) is 5.19. The Morgan fingerprint density at radius 1 is 1.21 bits per heavy atom. The van der Waals surface area contributed by atoms with Crippen LogP contribution in [-0.2, 0) is 6.61 Å². The minimum absolute atomic E-state index is 0.155. The van der Waals surface area contributed by atoms with E-state index in [1.807, 2.05) is 49.4 Å². The summed E-state index contributed by atoms with van der Waals surface area (Å²) >= 11 is 7.43. The predicted molar refractivity (Wildman–Crippen MR) is 113 cm³/mol. The molecule has 0 unspecified atom stereocenters. The molecule has 0 bridgehead atoms. The second kappa shape index (κ2) is 9.57. The Hall–Kier alpha value is -2.57. The fourth-order valence-electron chi connectivity index (χ4n) is 2.55. The average Bonchev–Trinajstić information content (AvgIpc) is 3.21. The number of methoxy groups -OCH3 is 1. The molecule has 0 fully saturated rings. The topological polar surface area (TPSA) is 60.5 Å². The van der Waals surface area contributed by atoms with Crippen LogP contribution < -0.4 is 14.8 Å². The van der Waals surface area contributed by atoms with Crippen LogP contribution in [0.1, 0.15) is 29.4 Å². The first-order valence-electron chi connectivity index (χ1n) is 8.90. The van der Waals surface area contributed by atoms with Crippen LogP contribution in [0.25, 0.3) is 10.6 Å². The summed E-state index contributed by atoms with van der Waals surface area (Å²) in [6.07, 6.45) is 0.885. The third kappa shape index (κ3) is 5.03. The van der Waals surface area contributed by atoms with Crippen molar-refractivity contribution >= 4 is 28.8 Å². The zero-order valence-electron chi connectivity index (χ0n) is 15.7. The van der Waals surface area contributed by atoms with Crippen molar-refractivity contribution in [3.63, 3.8) is 0 Å². The first kappa shape index (κ1) is 20.2. The lowest BCUT2D eigenvalue weighted by atomic mass is 10.2. The maximum Gasteiger partial charge on any atom is 0.270 e. The number of nitrogens with one attached hydrogen (secondary N) is 1. The molecule has 3 aromatic rings. The van der Waals surface area contributed by atoms with Crippen molar-refractivity contribution in [3.8, 4) is 22.1 Å². The van der Waals surface area contributed by atoms with Crippen molar-refractivity contribution < 1.29 is 14.3 Å². The van der Waals surface area contributed by atoms with Crippen molar-refractivity contribution in [2.24, 2.45) is 0 Å². The van der Waals surface area contributed by atoms with Crippen LogP contribution in [-0.4, -0.2) is 24.5 Å². The zero-order valence-corrected chi connectivity index (χ0v) is 17.3. The summed E-state index contributed by atoms with van der Waals surface area (Å²) < 4.78 is 11.4. The first-order chi connectivity index (χ1) is 13.6. The molecule has 0 atom stereocenters. The Labute approximate surface area is 173 Å². The SMILES string of the molecule is CCCNC(=O)c1csc(-c2ccc(OCc3cccc(Cl)c3)c(OC)c2)n1. The van der Waals surface area contributed by atoms with Crippen LogP contribution in [0, 0.1) is 0 Å². The van der Waals surface area contributed by atoms with Crippen LogP contribution in [0.4, 0.5) is 0 Å². The molecular formula is C21H21ClN2O3S. The number of carbonyl (C=O) groups excluding carboxylic acids is 1. The molecule has 0 aliphatic rings. The molecule has 2 aromatic carbocycles. The molecule has 28 heavy (non-hydrogen) atoms. The molecule has 5 nitrogen and oxygen atoms in total. The Kier molecular flexibility index (Phi) is 6.90. The summed E-state index contributed by atoms with van der Waals surface area (Å²) in [6.45, 7) is 3.03. The second-order valence-corrected chi connectivity index (χ2v) is 7.37. The van der Waals surface area contributed by atoms with Crippen molar-refractivity contribution in [1.29, 1.82) is 0 Å². The molecule has 1 aromatic heterocycles. The van der Waals surface area contributed by atoms with Gasteiger partial charge in [0.1, 0.15) is 17.3 Å². The molecule has 1 heterocycles. The van der Waals surface area contributed by atoms with Crippen molar-refractivity contribution in [3.05, 3.63) is 64.1 Å². The van der Waals surface area contributed by atoms with E-state index >= 15 is 0 Å². The van der Waals surface area contributed by atoms with Crippen LogP contribution in [0.15, 0.2) is 47.8 Å². The Bertz CT molecular complexity index is 958. The van der Waals surface area contributed by atoms with Gasteiger partial charge < -0.3 is 14.8 Å². The van der Waals surface area contributed by atoms with E-state index in [1.165, 1.54) is 11.3 Å². The smallest absolute Gasteiger partial charge is 0.270 e. The van der Waals surface area contributed by atoms with Gasteiger partial charge in [0.15, 0.2) is 11.5 Å². The van der Waals surface area contributed by atoms with Crippen LogP contribution >= 0.6 is 22.9 Å². The number of nitrogens with zero attached hydrogens (tertiary/aromatic N) is 1. The van der Waals surface area contributed by atoms with E-state index in [9.17, 15) is 4.79 Å². The third-order valence-electron chi connectivity index (χ3n) is 3.97. The van der Waals surface area contributed by atoms with Gasteiger partial charge in [-0.3, -0.25) is 4.79 Å². The van der Waals surface area contributed by atoms with Gasteiger partial charge in [-0.15, -0.1) is 11.3 Å². The molecule has 7 heteroatoms. The maximum absolute atomic E-state index is 12.0. The lowest BCUT2D eigenvalue weighted by Gasteiger charge is -2.12. The van der Waals surface area contributed by atoms with Gasteiger partial charge in [-0.25, -0.2) is 4.98 Å². The normalized spacial score (nSPS) is 10.5. The number of hydrogen-bond acceptors (Lipinski definition) is 5. The molecule has 0 aliphatic heterocycles. The standard InChI is InChI=1S/C21H21ClN2O3S/c1-3-9-23-20(25)17-13-28-21(24-17)15-7-8-18(19(11-15)26-2)27-12-14-5-4-6-16(22)10-14/h4-8,10-11,13H,3,9,12H2,1-2H3,(H,23,25). The molecule has 146 valence electrons. The van der Waals surface area contributed by atoms with E-state index in [0.29, 0.717) is 35.4 Å². The van der Waals surface area contributed by atoms with Gasteiger partial charge in [0.05, 0.1) is 7.11 Å². The van der Waals surface area contributed by atoms with Crippen molar-refractivity contribution in [1.82, 2.24) is 10.3 Å². The van der Waals surface area contributed by atoms with Gasteiger partial charge in [0, 0.05) is 22.5 Å². The number of ether oxygens (including phenoxy) is 2. The Balaban J connectivity index is 1.74. The van der Waals surface area contributed by atoms with Crippen LogP contribution in [0.5, 0.6) is 11.5 Å². The van der Waals surface area contributed by atoms with Gasteiger partial charge in [-0.05, 0) is 42.3 Å². The molecule has 0 spiro atoms.